The van der Waals surface area contributed by atoms with Crippen LogP contribution in [0.15, 0.2) is 0 Å². The molecule has 0 spiro atoms. The molecule has 4 bridgehead atoms. The lowest BCUT2D eigenvalue weighted by molar-refractivity contribution is -0.0136. The second kappa shape index (κ2) is 4.74. The second-order valence-corrected chi connectivity index (χ2v) is 7.11. The first-order valence-electron chi connectivity index (χ1n) is 7.61. The maximum Gasteiger partial charge on any atom is 0.315 e. The van der Waals surface area contributed by atoms with E-state index in [9.17, 15) is 4.79 Å². The average Bonchev–Trinajstić information content (AvgIpc) is 2.25. The summed E-state index contributed by atoms with van der Waals surface area (Å²) < 4.78 is 0. The molecular formula is C16H24N2O. The van der Waals surface area contributed by atoms with Crippen LogP contribution in [-0.4, -0.2) is 17.6 Å². The number of nitrogens with one attached hydrogen (secondary N) is 2. The first-order valence-corrected chi connectivity index (χ1v) is 7.61. The van der Waals surface area contributed by atoms with E-state index in [0.29, 0.717) is 6.42 Å². The standard InChI is InChI=1S/C16H24N2O/c1-3-4-11(2)17-15(19)18-16-8-12-5-13(9-16)7-14(6-12)10-16/h1,11-14H,4-10H2,2H3,(H2,17,18,19). The van der Waals surface area contributed by atoms with E-state index >= 15 is 0 Å². The molecule has 2 N–H and O–H groups in total. The predicted molar refractivity (Wildman–Crippen MR) is 75.5 cm³/mol. The van der Waals surface area contributed by atoms with Gasteiger partial charge in [-0.05, 0) is 63.2 Å². The van der Waals surface area contributed by atoms with Crippen molar-refractivity contribution in [3.63, 3.8) is 0 Å². The predicted octanol–water partition coefficient (Wildman–Crippen LogP) is 2.67. The highest BCUT2D eigenvalue weighted by Gasteiger charge is 2.51. The van der Waals surface area contributed by atoms with E-state index in [4.69, 9.17) is 6.42 Å². The third-order valence-electron chi connectivity index (χ3n) is 5.22. The molecule has 4 rings (SSSR count). The Morgan fingerprint density at radius 2 is 1.79 bits per heavy atom. The third kappa shape index (κ3) is 2.59. The van der Waals surface area contributed by atoms with E-state index in [0.717, 1.165) is 17.8 Å². The van der Waals surface area contributed by atoms with Gasteiger partial charge in [-0.15, -0.1) is 12.3 Å². The van der Waals surface area contributed by atoms with Crippen LogP contribution in [0, 0.1) is 30.1 Å². The molecule has 4 fully saturated rings. The van der Waals surface area contributed by atoms with Crippen molar-refractivity contribution in [2.24, 2.45) is 17.8 Å². The van der Waals surface area contributed by atoms with Crippen molar-refractivity contribution >= 4 is 6.03 Å². The Balaban J connectivity index is 1.60. The maximum atomic E-state index is 12.1. The summed E-state index contributed by atoms with van der Waals surface area (Å²) in [6.07, 6.45) is 13.6. The lowest BCUT2D eigenvalue weighted by Gasteiger charge is -2.56. The maximum absolute atomic E-state index is 12.1. The average molecular weight is 260 g/mol. The number of carbonyl (C=O) groups excluding carboxylic acids is 1. The van der Waals surface area contributed by atoms with Gasteiger partial charge in [-0.2, -0.15) is 0 Å². The van der Waals surface area contributed by atoms with Gasteiger partial charge in [-0.3, -0.25) is 0 Å². The lowest BCUT2D eigenvalue weighted by atomic mass is 9.53. The summed E-state index contributed by atoms with van der Waals surface area (Å²) >= 11 is 0. The zero-order chi connectivity index (χ0) is 13.5. The molecule has 104 valence electrons. The lowest BCUT2D eigenvalue weighted by Crippen LogP contribution is -2.62. The van der Waals surface area contributed by atoms with Crippen LogP contribution in [0.3, 0.4) is 0 Å². The molecule has 4 saturated carbocycles. The SMILES string of the molecule is C#CCC(C)NC(=O)NC12CC3CC(CC(C3)C1)C2. The zero-order valence-electron chi connectivity index (χ0n) is 11.7. The van der Waals surface area contributed by atoms with E-state index in [1.165, 1.54) is 38.5 Å². The van der Waals surface area contributed by atoms with Crippen molar-refractivity contribution in [1.82, 2.24) is 10.6 Å². The molecule has 19 heavy (non-hydrogen) atoms. The fourth-order valence-corrected chi connectivity index (χ4v) is 4.99. The van der Waals surface area contributed by atoms with Crippen LogP contribution in [0.2, 0.25) is 0 Å². The normalized spacial score (nSPS) is 40.5. The van der Waals surface area contributed by atoms with Crippen LogP contribution in [0.4, 0.5) is 4.79 Å². The number of urea groups is 1. The van der Waals surface area contributed by atoms with E-state index < -0.39 is 0 Å². The third-order valence-corrected chi connectivity index (χ3v) is 5.22. The minimum atomic E-state index is -0.0234. The number of amides is 2. The monoisotopic (exact) mass is 260 g/mol. The molecule has 0 aromatic rings. The molecule has 2 amide bonds. The molecule has 0 saturated heterocycles. The van der Waals surface area contributed by atoms with Gasteiger partial charge in [0.1, 0.15) is 0 Å². The van der Waals surface area contributed by atoms with Gasteiger partial charge in [-0.1, -0.05) is 0 Å². The highest BCUT2D eigenvalue weighted by Crippen LogP contribution is 2.55. The molecule has 0 aromatic carbocycles. The highest BCUT2D eigenvalue weighted by molar-refractivity contribution is 5.75. The first-order chi connectivity index (χ1) is 9.08. The highest BCUT2D eigenvalue weighted by atomic mass is 16.2. The number of terminal acetylenes is 1. The van der Waals surface area contributed by atoms with E-state index in [-0.39, 0.29) is 17.6 Å². The Bertz CT molecular complexity index is 374. The fraction of sp³-hybridized carbons (Fsp3) is 0.812. The molecule has 3 nitrogen and oxygen atoms in total. The topological polar surface area (TPSA) is 41.1 Å². The van der Waals surface area contributed by atoms with Crippen LogP contribution in [0.1, 0.15) is 51.9 Å². The van der Waals surface area contributed by atoms with E-state index in [1.807, 2.05) is 6.92 Å². The minimum Gasteiger partial charge on any atom is -0.335 e. The molecule has 4 aliphatic carbocycles. The molecule has 0 heterocycles. The quantitative estimate of drug-likeness (QED) is 0.753. The Kier molecular flexibility index (Phi) is 3.20. The summed E-state index contributed by atoms with van der Waals surface area (Å²) in [6, 6.07) is 0.0311. The summed E-state index contributed by atoms with van der Waals surface area (Å²) in [7, 11) is 0. The van der Waals surface area contributed by atoms with Crippen LogP contribution < -0.4 is 10.6 Å². The second-order valence-electron chi connectivity index (χ2n) is 7.11. The molecule has 1 atom stereocenters. The Morgan fingerprint density at radius 3 is 2.26 bits per heavy atom. The Labute approximate surface area is 115 Å². The van der Waals surface area contributed by atoms with Gasteiger partial charge >= 0.3 is 6.03 Å². The summed E-state index contributed by atoms with van der Waals surface area (Å²) in [5.41, 5.74) is 0.0920. The molecular weight excluding hydrogens is 236 g/mol. The molecule has 0 radical (unpaired) electrons. The van der Waals surface area contributed by atoms with Crippen molar-refractivity contribution in [1.29, 1.82) is 0 Å². The largest absolute Gasteiger partial charge is 0.335 e. The number of rotatable bonds is 3. The Morgan fingerprint density at radius 1 is 1.26 bits per heavy atom. The summed E-state index contributed by atoms with van der Waals surface area (Å²) in [6.45, 7) is 1.96. The van der Waals surface area contributed by atoms with Crippen molar-refractivity contribution < 1.29 is 4.79 Å². The van der Waals surface area contributed by atoms with Crippen LogP contribution in [-0.2, 0) is 0 Å². The summed E-state index contributed by atoms with van der Waals surface area (Å²) in [4.78, 5) is 12.1. The number of carbonyl (C=O) groups is 1. The van der Waals surface area contributed by atoms with Gasteiger partial charge in [0, 0.05) is 18.0 Å². The summed E-state index contributed by atoms with van der Waals surface area (Å²) in [5.74, 6) is 5.16. The zero-order valence-corrected chi connectivity index (χ0v) is 11.7. The molecule has 0 aromatic heterocycles. The van der Waals surface area contributed by atoms with Crippen LogP contribution >= 0.6 is 0 Å². The van der Waals surface area contributed by atoms with Gasteiger partial charge < -0.3 is 10.6 Å². The molecule has 3 heteroatoms. The first kappa shape index (κ1) is 12.8. The van der Waals surface area contributed by atoms with E-state index in [1.54, 1.807) is 0 Å². The van der Waals surface area contributed by atoms with Crippen molar-refractivity contribution in [2.45, 2.75) is 63.5 Å². The fourth-order valence-electron chi connectivity index (χ4n) is 4.99. The minimum absolute atomic E-state index is 0.0234. The van der Waals surface area contributed by atoms with Crippen molar-refractivity contribution in [3.8, 4) is 12.3 Å². The summed E-state index contributed by atoms with van der Waals surface area (Å²) in [5, 5.41) is 6.26. The van der Waals surface area contributed by atoms with Gasteiger partial charge in [0.15, 0.2) is 0 Å². The van der Waals surface area contributed by atoms with Crippen molar-refractivity contribution in [3.05, 3.63) is 0 Å². The van der Waals surface area contributed by atoms with Gasteiger partial charge in [-0.25, -0.2) is 4.79 Å². The van der Waals surface area contributed by atoms with Crippen molar-refractivity contribution in [2.75, 3.05) is 0 Å². The molecule has 4 aliphatic rings. The van der Waals surface area contributed by atoms with Crippen LogP contribution in [0.5, 0.6) is 0 Å². The van der Waals surface area contributed by atoms with Gasteiger partial charge in [0.25, 0.3) is 0 Å². The van der Waals surface area contributed by atoms with Crippen LogP contribution in [0.25, 0.3) is 0 Å². The molecule has 0 aliphatic heterocycles. The number of hydrogen-bond donors (Lipinski definition) is 2. The number of hydrogen-bond acceptors (Lipinski definition) is 1. The Hall–Kier alpha value is -1.17. The van der Waals surface area contributed by atoms with E-state index in [2.05, 4.69) is 16.6 Å². The smallest absolute Gasteiger partial charge is 0.315 e. The van der Waals surface area contributed by atoms with Gasteiger partial charge in [0.05, 0.1) is 0 Å². The van der Waals surface area contributed by atoms with Gasteiger partial charge in [0.2, 0.25) is 0 Å². The molecule has 1 unspecified atom stereocenters.